The monoisotopic (exact) mass is 287 g/mol. The Morgan fingerprint density at radius 1 is 1.45 bits per heavy atom. The topological polar surface area (TPSA) is 38.3 Å². The van der Waals surface area contributed by atoms with E-state index < -0.39 is 0 Å². The zero-order chi connectivity index (χ0) is 14.1. The van der Waals surface area contributed by atoms with Crippen LogP contribution < -0.4 is 10.1 Å². The van der Waals surface area contributed by atoms with E-state index in [1.54, 1.807) is 11.3 Å². The predicted octanol–water partition coefficient (Wildman–Crippen LogP) is 3.84. The standard InChI is InChI=1S/C16H17NO2S/c1-3-10(2)17-16(18)14-8-11-9-19-13-7-5-4-6-12(13)15(11)20-14/h4-8,10H,3,9H2,1-2H3,(H,17,18)/t10-/m1/s1. The van der Waals surface area contributed by atoms with Crippen LogP contribution in [-0.2, 0) is 6.61 Å². The average molecular weight is 287 g/mol. The molecular formula is C16H17NO2S. The summed E-state index contributed by atoms with van der Waals surface area (Å²) in [6.07, 6.45) is 0.933. The highest BCUT2D eigenvalue weighted by molar-refractivity contribution is 7.17. The van der Waals surface area contributed by atoms with Gasteiger partial charge >= 0.3 is 0 Å². The van der Waals surface area contributed by atoms with Gasteiger partial charge in [-0.25, -0.2) is 0 Å². The van der Waals surface area contributed by atoms with Crippen LogP contribution in [0.25, 0.3) is 10.4 Å². The minimum atomic E-state index is 0.0104. The van der Waals surface area contributed by atoms with E-state index in [2.05, 4.69) is 12.2 Å². The van der Waals surface area contributed by atoms with Crippen LogP contribution in [0.3, 0.4) is 0 Å². The molecule has 2 heterocycles. The number of ether oxygens (including phenoxy) is 1. The SMILES string of the molecule is CC[C@@H](C)NC(=O)c1cc2c(s1)-c1ccccc1OC2. The third-order valence-electron chi connectivity index (χ3n) is 3.54. The van der Waals surface area contributed by atoms with Gasteiger partial charge in [0.25, 0.3) is 5.91 Å². The molecule has 20 heavy (non-hydrogen) atoms. The molecule has 3 nitrogen and oxygen atoms in total. The molecule has 0 saturated carbocycles. The minimum Gasteiger partial charge on any atom is -0.488 e. The summed E-state index contributed by atoms with van der Waals surface area (Å²) in [6.45, 7) is 4.62. The molecule has 1 amide bonds. The molecule has 1 atom stereocenters. The Bertz CT molecular complexity index is 648. The van der Waals surface area contributed by atoms with Crippen molar-refractivity contribution in [3.05, 3.63) is 40.8 Å². The highest BCUT2D eigenvalue weighted by Crippen LogP contribution is 2.42. The third kappa shape index (κ3) is 2.31. The Morgan fingerprint density at radius 2 is 2.25 bits per heavy atom. The Kier molecular flexibility index (Phi) is 3.49. The molecule has 1 aliphatic rings. The second kappa shape index (κ2) is 5.29. The van der Waals surface area contributed by atoms with Crippen molar-refractivity contribution in [1.29, 1.82) is 0 Å². The predicted molar refractivity (Wildman–Crippen MR) is 81.3 cm³/mol. The van der Waals surface area contributed by atoms with E-state index in [0.29, 0.717) is 6.61 Å². The van der Waals surface area contributed by atoms with E-state index in [1.165, 1.54) is 0 Å². The van der Waals surface area contributed by atoms with Crippen LogP contribution in [0, 0.1) is 0 Å². The van der Waals surface area contributed by atoms with Gasteiger partial charge in [0.05, 0.1) is 4.88 Å². The van der Waals surface area contributed by atoms with Gasteiger partial charge < -0.3 is 10.1 Å². The quantitative estimate of drug-likeness (QED) is 0.931. The number of carbonyl (C=O) groups excluding carboxylic acids is 1. The molecule has 1 aromatic heterocycles. The second-order valence-electron chi connectivity index (χ2n) is 5.03. The molecule has 0 spiro atoms. The van der Waals surface area contributed by atoms with E-state index in [1.807, 2.05) is 37.3 Å². The summed E-state index contributed by atoms with van der Waals surface area (Å²) >= 11 is 1.55. The van der Waals surface area contributed by atoms with Crippen LogP contribution >= 0.6 is 11.3 Å². The molecule has 0 bridgehead atoms. The number of amides is 1. The third-order valence-corrected chi connectivity index (χ3v) is 4.75. The molecule has 4 heteroatoms. The van der Waals surface area contributed by atoms with E-state index in [9.17, 15) is 4.79 Å². The number of rotatable bonds is 3. The number of thiophene rings is 1. The molecule has 1 aliphatic heterocycles. The van der Waals surface area contributed by atoms with Gasteiger partial charge in [0, 0.05) is 22.0 Å². The van der Waals surface area contributed by atoms with E-state index in [4.69, 9.17) is 4.74 Å². The fraction of sp³-hybridized carbons (Fsp3) is 0.312. The van der Waals surface area contributed by atoms with Gasteiger partial charge in [0.2, 0.25) is 0 Å². The Labute approximate surface area is 122 Å². The molecule has 0 saturated heterocycles. The van der Waals surface area contributed by atoms with Crippen molar-refractivity contribution in [3.63, 3.8) is 0 Å². The zero-order valence-corrected chi connectivity index (χ0v) is 12.4. The van der Waals surface area contributed by atoms with Gasteiger partial charge in [0.1, 0.15) is 12.4 Å². The molecule has 0 fully saturated rings. The summed E-state index contributed by atoms with van der Waals surface area (Å²) in [7, 11) is 0. The van der Waals surface area contributed by atoms with Crippen LogP contribution in [0.2, 0.25) is 0 Å². The van der Waals surface area contributed by atoms with Gasteiger partial charge in [-0.15, -0.1) is 11.3 Å². The van der Waals surface area contributed by atoms with Crippen LogP contribution in [0.15, 0.2) is 30.3 Å². The van der Waals surface area contributed by atoms with Crippen molar-refractivity contribution >= 4 is 17.2 Å². The summed E-state index contributed by atoms with van der Waals surface area (Å²) in [5.41, 5.74) is 2.18. The number of fused-ring (bicyclic) bond motifs is 3. The summed E-state index contributed by atoms with van der Waals surface area (Å²) in [5, 5.41) is 3.01. The molecule has 3 rings (SSSR count). The summed E-state index contributed by atoms with van der Waals surface area (Å²) in [4.78, 5) is 14.1. The van der Waals surface area contributed by atoms with Crippen LogP contribution in [0.1, 0.15) is 35.5 Å². The lowest BCUT2D eigenvalue weighted by Crippen LogP contribution is -2.31. The zero-order valence-electron chi connectivity index (χ0n) is 11.6. The second-order valence-corrected chi connectivity index (χ2v) is 6.08. The maximum absolute atomic E-state index is 12.2. The normalized spacial score (nSPS) is 13.9. The Balaban J connectivity index is 1.92. The van der Waals surface area contributed by atoms with E-state index in [-0.39, 0.29) is 11.9 Å². The van der Waals surface area contributed by atoms with Crippen molar-refractivity contribution in [2.24, 2.45) is 0 Å². The van der Waals surface area contributed by atoms with Crippen molar-refractivity contribution in [2.75, 3.05) is 0 Å². The van der Waals surface area contributed by atoms with Crippen molar-refractivity contribution in [1.82, 2.24) is 5.32 Å². The fourth-order valence-corrected chi connectivity index (χ4v) is 3.31. The lowest BCUT2D eigenvalue weighted by molar-refractivity contribution is 0.0943. The number of hydrogen-bond acceptors (Lipinski definition) is 3. The molecule has 1 aromatic carbocycles. The number of carbonyl (C=O) groups is 1. The van der Waals surface area contributed by atoms with Gasteiger partial charge in [-0.05, 0) is 31.5 Å². The average Bonchev–Trinajstić information content (AvgIpc) is 2.91. The first-order chi connectivity index (χ1) is 9.69. The largest absolute Gasteiger partial charge is 0.488 e. The maximum Gasteiger partial charge on any atom is 0.261 e. The van der Waals surface area contributed by atoms with Crippen LogP contribution in [-0.4, -0.2) is 11.9 Å². The number of nitrogens with one attached hydrogen (secondary N) is 1. The minimum absolute atomic E-state index is 0.0104. The molecule has 1 N–H and O–H groups in total. The number of para-hydroxylation sites is 1. The molecular weight excluding hydrogens is 270 g/mol. The lowest BCUT2D eigenvalue weighted by Gasteiger charge is -2.16. The smallest absolute Gasteiger partial charge is 0.261 e. The number of hydrogen-bond donors (Lipinski definition) is 1. The maximum atomic E-state index is 12.2. The lowest BCUT2D eigenvalue weighted by atomic mass is 10.1. The summed E-state index contributed by atoms with van der Waals surface area (Å²) in [6, 6.07) is 10.1. The molecule has 0 aliphatic carbocycles. The molecule has 104 valence electrons. The Hall–Kier alpha value is -1.81. The highest BCUT2D eigenvalue weighted by Gasteiger charge is 2.22. The molecule has 0 radical (unpaired) electrons. The van der Waals surface area contributed by atoms with Crippen molar-refractivity contribution in [3.8, 4) is 16.2 Å². The first-order valence-electron chi connectivity index (χ1n) is 6.84. The highest BCUT2D eigenvalue weighted by atomic mass is 32.1. The first-order valence-corrected chi connectivity index (χ1v) is 7.66. The van der Waals surface area contributed by atoms with Gasteiger partial charge in [0.15, 0.2) is 0 Å². The Morgan fingerprint density at radius 3 is 3.05 bits per heavy atom. The first kappa shape index (κ1) is 13.2. The molecule has 0 unspecified atom stereocenters. The number of benzene rings is 1. The van der Waals surface area contributed by atoms with Gasteiger partial charge in [-0.1, -0.05) is 19.1 Å². The van der Waals surface area contributed by atoms with Gasteiger partial charge in [-0.2, -0.15) is 0 Å². The molecule has 2 aromatic rings. The van der Waals surface area contributed by atoms with E-state index >= 15 is 0 Å². The van der Waals surface area contributed by atoms with Crippen LogP contribution in [0.4, 0.5) is 0 Å². The van der Waals surface area contributed by atoms with E-state index in [0.717, 1.165) is 33.1 Å². The van der Waals surface area contributed by atoms with Crippen molar-refractivity contribution < 1.29 is 9.53 Å². The van der Waals surface area contributed by atoms with Crippen molar-refractivity contribution in [2.45, 2.75) is 32.9 Å². The van der Waals surface area contributed by atoms with Gasteiger partial charge in [-0.3, -0.25) is 4.79 Å². The van der Waals surface area contributed by atoms with Crippen LogP contribution in [0.5, 0.6) is 5.75 Å². The summed E-state index contributed by atoms with van der Waals surface area (Å²) in [5.74, 6) is 0.909. The fourth-order valence-electron chi connectivity index (χ4n) is 2.21. The summed E-state index contributed by atoms with van der Waals surface area (Å²) < 4.78 is 5.72.